The van der Waals surface area contributed by atoms with E-state index in [1.165, 1.54) is 25.8 Å². The molecular weight excluding hydrogens is 236 g/mol. The molecule has 1 atom stereocenters. The fraction of sp³-hybridized carbons (Fsp3) is 0.600. The maximum Gasteiger partial charge on any atom is 0.142 e. The van der Waals surface area contributed by atoms with Crippen LogP contribution >= 0.6 is 0 Å². The van der Waals surface area contributed by atoms with Crippen LogP contribution in [-0.2, 0) is 0 Å². The number of likely N-dealkylation sites (tertiary alicyclic amines) is 1. The normalized spacial score (nSPS) is 19.9. The average Bonchev–Trinajstić information content (AvgIpc) is 2.45. The van der Waals surface area contributed by atoms with E-state index in [2.05, 4.69) is 28.2 Å². The standard InChI is InChI=1S/C15H22N4/c1-13-6-2-3-10-19(13)11-5-9-17-15-8-4-7-14(12-16)18-15/h4,7-8,13H,2-3,5-6,9-11H2,1H3,(H,17,18). The van der Waals surface area contributed by atoms with Gasteiger partial charge >= 0.3 is 0 Å². The lowest BCUT2D eigenvalue weighted by Gasteiger charge is -2.33. The predicted octanol–water partition coefficient (Wildman–Crippen LogP) is 2.63. The van der Waals surface area contributed by atoms with Crippen LogP contribution in [0.5, 0.6) is 0 Å². The van der Waals surface area contributed by atoms with E-state index in [1.54, 1.807) is 6.07 Å². The van der Waals surface area contributed by atoms with Crippen molar-refractivity contribution in [3.8, 4) is 6.07 Å². The van der Waals surface area contributed by atoms with Gasteiger partial charge in [-0.1, -0.05) is 12.5 Å². The predicted molar refractivity (Wildman–Crippen MR) is 76.9 cm³/mol. The van der Waals surface area contributed by atoms with Gasteiger partial charge in [0.05, 0.1) is 0 Å². The largest absolute Gasteiger partial charge is 0.370 e. The molecule has 19 heavy (non-hydrogen) atoms. The monoisotopic (exact) mass is 258 g/mol. The van der Waals surface area contributed by atoms with Crippen molar-refractivity contribution in [2.45, 2.75) is 38.6 Å². The molecule has 1 aromatic rings. The molecular formula is C15H22N4. The lowest BCUT2D eigenvalue weighted by molar-refractivity contribution is 0.160. The number of nitrogens with one attached hydrogen (secondary N) is 1. The van der Waals surface area contributed by atoms with E-state index in [9.17, 15) is 0 Å². The van der Waals surface area contributed by atoms with Crippen molar-refractivity contribution in [3.05, 3.63) is 23.9 Å². The first kappa shape index (κ1) is 13.8. The quantitative estimate of drug-likeness (QED) is 0.825. The Morgan fingerprint density at radius 1 is 1.47 bits per heavy atom. The molecule has 1 unspecified atom stereocenters. The van der Waals surface area contributed by atoms with Crippen molar-refractivity contribution in [2.75, 3.05) is 25.0 Å². The summed E-state index contributed by atoms with van der Waals surface area (Å²) in [5, 5.41) is 12.1. The van der Waals surface area contributed by atoms with E-state index in [4.69, 9.17) is 5.26 Å². The molecule has 1 N–H and O–H groups in total. The summed E-state index contributed by atoms with van der Waals surface area (Å²) in [6, 6.07) is 8.28. The van der Waals surface area contributed by atoms with Crippen LogP contribution in [0.2, 0.25) is 0 Å². The van der Waals surface area contributed by atoms with Gasteiger partial charge in [-0.3, -0.25) is 0 Å². The Morgan fingerprint density at radius 3 is 3.16 bits per heavy atom. The molecule has 0 aliphatic carbocycles. The Hall–Kier alpha value is -1.60. The van der Waals surface area contributed by atoms with Gasteiger partial charge in [-0.25, -0.2) is 4.98 Å². The number of aromatic nitrogens is 1. The molecule has 1 aromatic heterocycles. The number of nitrogens with zero attached hydrogens (tertiary/aromatic N) is 3. The van der Waals surface area contributed by atoms with Crippen molar-refractivity contribution >= 4 is 5.82 Å². The highest BCUT2D eigenvalue weighted by Gasteiger charge is 2.16. The number of hydrogen-bond acceptors (Lipinski definition) is 4. The van der Waals surface area contributed by atoms with Gasteiger partial charge < -0.3 is 10.2 Å². The van der Waals surface area contributed by atoms with Crippen LogP contribution in [0, 0.1) is 11.3 Å². The molecule has 0 radical (unpaired) electrons. The lowest BCUT2D eigenvalue weighted by Crippen LogP contribution is -2.38. The van der Waals surface area contributed by atoms with Gasteiger partial charge in [0.2, 0.25) is 0 Å². The smallest absolute Gasteiger partial charge is 0.142 e. The Morgan fingerprint density at radius 2 is 2.37 bits per heavy atom. The van der Waals surface area contributed by atoms with E-state index in [1.807, 2.05) is 12.1 Å². The van der Waals surface area contributed by atoms with Crippen LogP contribution in [0.1, 0.15) is 38.3 Å². The van der Waals surface area contributed by atoms with Gasteiger partial charge in [0.1, 0.15) is 17.6 Å². The van der Waals surface area contributed by atoms with Crippen molar-refractivity contribution in [3.63, 3.8) is 0 Å². The molecule has 0 spiro atoms. The van der Waals surface area contributed by atoms with Crippen LogP contribution < -0.4 is 5.32 Å². The Labute approximate surface area is 115 Å². The van der Waals surface area contributed by atoms with Gasteiger partial charge in [-0.2, -0.15) is 5.26 Å². The van der Waals surface area contributed by atoms with Crippen LogP contribution in [0.4, 0.5) is 5.82 Å². The van der Waals surface area contributed by atoms with E-state index >= 15 is 0 Å². The van der Waals surface area contributed by atoms with Gasteiger partial charge in [0, 0.05) is 19.1 Å². The summed E-state index contributed by atoms with van der Waals surface area (Å²) in [6.07, 6.45) is 5.16. The van der Waals surface area contributed by atoms with Crippen molar-refractivity contribution in [1.29, 1.82) is 5.26 Å². The number of nitriles is 1. The minimum atomic E-state index is 0.467. The van der Waals surface area contributed by atoms with E-state index in [-0.39, 0.29) is 0 Å². The van der Waals surface area contributed by atoms with Crippen molar-refractivity contribution in [1.82, 2.24) is 9.88 Å². The molecule has 4 nitrogen and oxygen atoms in total. The van der Waals surface area contributed by atoms with E-state index in [0.717, 1.165) is 31.4 Å². The maximum absolute atomic E-state index is 8.79. The molecule has 102 valence electrons. The second kappa shape index (κ2) is 7.10. The molecule has 2 heterocycles. The van der Waals surface area contributed by atoms with Gasteiger partial charge in [-0.15, -0.1) is 0 Å². The molecule has 0 aromatic carbocycles. The number of anilines is 1. The van der Waals surface area contributed by atoms with Gasteiger partial charge in [-0.05, 0) is 44.9 Å². The molecule has 0 saturated carbocycles. The van der Waals surface area contributed by atoms with Crippen molar-refractivity contribution < 1.29 is 0 Å². The number of piperidine rings is 1. The minimum absolute atomic E-state index is 0.467. The van der Waals surface area contributed by atoms with Gasteiger partial charge in [0.25, 0.3) is 0 Å². The molecule has 1 fully saturated rings. The number of pyridine rings is 1. The number of hydrogen-bond donors (Lipinski definition) is 1. The van der Waals surface area contributed by atoms with Gasteiger partial charge in [0.15, 0.2) is 0 Å². The third-order valence-electron chi connectivity index (χ3n) is 3.73. The Bertz CT molecular complexity index is 438. The van der Waals surface area contributed by atoms with Crippen LogP contribution in [0.3, 0.4) is 0 Å². The molecule has 0 amide bonds. The highest BCUT2D eigenvalue weighted by atomic mass is 15.2. The zero-order chi connectivity index (χ0) is 13.5. The van der Waals surface area contributed by atoms with Crippen LogP contribution in [0.25, 0.3) is 0 Å². The third-order valence-corrected chi connectivity index (χ3v) is 3.73. The number of rotatable bonds is 5. The second-order valence-electron chi connectivity index (χ2n) is 5.18. The highest BCUT2D eigenvalue weighted by Crippen LogP contribution is 2.16. The molecule has 0 bridgehead atoms. The summed E-state index contributed by atoms with van der Waals surface area (Å²) in [7, 11) is 0. The Balaban J connectivity index is 1.70. The topological polar surface area (TPSA) is 52.0 Å². The molecule has 1 saturated heterocycles. The third kappa shape index (κ3) is 4.22. The van der Waals surface area contributed by atoms with Crippen molar-refractivity contribution in [2.24, 2.45) is 0 Å². The zero-order valence-electron chi connectivity index (χ0n) is 11.6. The maximum atomic E-state index is 8.79. The molecule has 4 heteroatoms. The summed E-state index contributed by atoms with van der Waals surface area (Å²) in [4.78, 5) is 6.78. The fourth-order valence-corrected chi connectivity index (χ4v) is 2.58. The SMILES string of the molecule is CC1CCCCN1CCCNc1cccc(C#N)n1. The molecule has 2 rings (SSSR count). The molecule has 1 aliphatic heterocycles. The summed E-state index contributed by atoms with van der Waals surface area (Å²) in [6.45, 7) is 5.62. The van der Waals surface area contributed by atoms with Crippen LogP contribution in [-0.4, -0.2) is 35.6 Å². The highest BCUT2D eigenvalue weighted by molar-refractivity contribution is 5.38. The Kier molecular flexibility index (Phi) is 5.17. The first-order valence-corrected chi connectivity index (χ1v) is 7.14. The average molecular weight is 258 g/mol. The lowest BCUT2D eigenvalue weighted by atomic mass is 10.0. The fourth-order valence-electron chi connectivity index (χ4n) is 2.58. The minimum Gasteiger partial charge on any atom is -0.370 e. The second-order valence-corrected chi connectivity index (χ2v) is 5.18. The van der Waals surface area contributed by atoms with E-state index < -0.39 is 0 Å². The molecule has 1 aliphatic rings. The van der Waals surface area contributed by atoms with Crippen LogP contribution in [0.15, 0.2) is 18.2 Å². The summed E-state index contributed by atoms with van der Waals surface area (Å²) in [5.74, 6) is 0.797. The summed E-state index contributed by atoms with van der Waals surface area (Å²) >= 11 is 0. The van der Waals surface area contributed by atoms with E-state index in [0.29, 0.717) is 5.69 Å². The first-order chi connectivity index (χ1) is 9.29. The first-order valence-electron chi connectivity index (χ1n) is 7.14. The zero-order valence-corrected chi connectivity index (χ0v) is 11.6. The summed E-state index contributed by atoms with van der Waals surface area (Å²) in [5.41, 5.74) is 0.467. The summed E-state index contributed by atoms with van der Waals surface area (Å²) < 4.78 is 0.